The summed E-state index contributed by atoms with van der Waals surface area (Å²) in [6.07, 6.45) is 5.52. The van der Waals surface area contributed by atoms with E-state index in [0.29, 0.717) is 6.04 Å². The predicted molar refractivity (Wildman–Crippen MR) is 84.9 cm³/mol. The fourth-order valence-electron chi connectivity index (χ4n) is 3.32. The zero-order valence-corrected chi connectivity index (χ0v) is 12.9. The first-order valence-electron chi connectivity index (χ1n) is 8.15. The third-order valence-electron chi connectivity index (χ3n) is 4.77. The molecular weight excluding hydrogens is 244 g/mol. The van der Waals surface area contributed by atoms with E-state index >= 15 is 0 Å². The highest BCUT2D eigenvalue weighted by molar-refractivity contribution is 5.16. The van der Waals surface area contributed by atoms with Gasteiger partial charge < -0.3 is 5.32 Å². The molecule has 1 saturated heterocycles. The molecule has 0 radical (unpaired) electrons. The highest BCUT2D eigenvalue weighted by Gasteiger charge is 2.33. The minimum atomic E-state index is 0.261. The summed E-state index contributed by atoms with van der Waals surface area (Å²) in [7, 11) is 0. The van der Waals surface area contributed by atoms with E-state index in [0.717, 1.165) is 12.5 Å². The standard InChI is InChI=1S/C18H28N2/c1-18(2)14-20(11-10-15-8-9-15)17(13-19-18)12-16-6-4-3-5-7-16/h3-7,15,17,19H,8-14H2,1-2H3. The summed E-state index contributed by atoms with van der Waals surface area (Å²) in [5, 5.41) is 3.72. The van der Waals surface area contributed by atoms with Gasteiger partial charge in [-0.3, -0.25) is 4.90 Å². The molecule has 3 rings (SSSR count). The summed E-state index contributed by atoms with van der Waals surface area (Å²) in [6.45, 7) is 8.24. The van der Waals surface area contributed by atoms with Crippen molar-refractivity contribution < 1.29 is 0 Å². The quantitative estimate of drug-likeness (QED) is 0.886. The lowest BCUT2D eigenvalue weighted by Crippen LogP contribution is -2.62. The van der Waals surface area contributed by atoms with Crippen LogP contribution in [-0.4, -0.2) is 36.1 Å². The monoisotopic (exact) mass is 272 g/mol. The molecule has 110 valence electrons. The second-order valence-electron chi connectivity index (χ2n) is 7.31. The van der Waals surface area contributed by atoms with E-state index in [4.69, 9.17) is 0 Å². The Morgan fingerprint density at radius 3 is 2.65 bits per heavy atom. The molecule has 1 aromatic carbocycles. The molecule has 1 aliphatic carbocycles. The van der Waals surface area contributed by atoms with Gasteiger partial charge in [0.1, 0.15) is 0 Å². The SMILES string of the molecule is CC1(C)CN(CCC2CC2)C(Cc2ccccc2)CN1. The lowest BCUT2D eigenvalue weighted by atomic mass is 9.95. The van der Waals surface area contributed by atoms with Crippen molar-refractivity contribution in [1.82, 2.24) is 10.2 Å². The van der Waals surface area contributed by atoms with Crippen LogP contribution in [-0.2, 0) is 6.42 Å². The summed E-state index contributed by atoms with van der Waals surface area (Å²) >= 11 is 0. The number of nitrogens with one attached hydrogen (secondary N) is 1. The third-order valence-corrected chi connectivity index (χ3v) is 4.77. The predicted octanol–water partition coefficient (Wildman–Crippen LogP) is 3.08. The van der Waals surface area contributed by atoms with E-state index in [9.17, 15) is 0 Å². The van der Waals surface area contributed by atoms with Crippen LogP contribution in [0.3, 0.4) is 0 Å². The molecule has 0 amide bonds. The minimum absolute atomic E-state index is 0.261. The largest absolute Gasteiger partial charge is 0.309 e. The number of nitrogens with zero attached hydrogens (tertiary/aromatic N) is 1. The lowest BCUT2D eigenvalue weighted by molar-refractivity contribution is 0.0922. The van der Waals surface area contributed by atoms with Gasteiger partial charge in [-0.1, -0.05) is 43.2 Å². The van der Waals surface area contributed by atoms with Crippen LogP contribution in [0.4, 0.5) is 0 Å². The Bertz CT molecular complexity index is 422. The van der Waals surface area contributed by atoms with Crippen LogP contribution < -0.4 is 5.32 Å². The Morgan fingerprint density at radius 1 is 1.20 bits per heavy atom. The maximum absolute atomic E-state index is 3.72. The van der Waals surface area contributed by atoms with E-state index < -0.39 is 0 Å². The average Bonchev–Trinajstić information content (AvgIpc) is 3.24. The maximum Gasteiger partial charge on any atom is 0.0261 e. The van der Waals surface area contributed by atoms with Crippen LogP contribution in [0.25, 0.3) is 0 Å². The van der Waals surface area contributed by atoms with Crippen molar-refractivity contribution in [2.45, 2.75) is 51.1 Å². The van der Waals surface area contributed by atoms with Crippen molar-refractivity contribution in [3.05, 3.63) is 35.9 Å². The molecule has 1 heterocycles. The van der Waals surface area contributed by atoms with Crippen LogP contribution in [0.2, 0.25) is 0 Å². The molecular formula is C18H28N2. The minimum Gasteiger partial charge on any atom is -0.309 e. The van der Waals surface area contributed by atoms with Gasteiger partial charge in [0.15, 0.2) is 0 Å². The first-order chi connectivity index (χ1) is 9.62. The van der Waals surface area contributed by atoms with E-state index in [2.05, 4.69) is 54.4 Å². The zero-order chi connectivity index (χ0) is 14.0. The molecule has 2 heteroatoms. The molecule has 2 aliphatic rings. The van der Waals surface area contributed by atoms with Gasteiger partial charge in [0.2, 0.25) is 0 Å². The number of rotatable bonds is 5. The van der Waals surface area contributed by atoms with E-state index in [1.807, 2.05) is 0 Å². The van der Waals surface area contributed by atoms with Gasteiger partial charge in [0.25, 0.3) is 0 Å². The lowest BCUT2D eigenvalue weighted by Gasteiger charge is -2.45. The first kappa shape index (κ1) is 14.1. The summed E-state index contributed by atoms with van der Waals surface area (Å²) in [5.74, 6) is 1.03. The smallest absolute Gasteiger partial charge is 0.0261 e. The Hall–Kier alpha value is -0.860. The highest BCUT2D eigenvalue weighted by Crippen LogP contribution is 2.33. The van der Waals surface area contributed by atoms with Crippen LogP contribution in [0, 0.1) is 5.92 Å². The average molecular weight is 272 g/mol. The van der Waals surface area contributed by atoms with Crippen molar-refractivity contribution in [2.75, 3.05) is 19.6 Å². The number of hydrogen-bond donors (Lipinski definition) is 1. The Kier molecular flexibility index (Phi) is 4.13. The summed E-state index contributed by atoms with van der Waals surface area (Å²) in [4.78, 5) is 2.74. The molecule has 0 bridgehead atoms. The van der Waals surface area contributed by atoms with Crippen molar-refractivity contribution in [3.8, 4) is 0 Å². The van der Waals surface area contributed by atoms with E-state index in [1.54, 1.807) is 0 Å². The van der Waals surface area contributed by atoms with Crippen LogP contribution >= 0.6 is 0 Å². The molecule has 1 unspecified atom stereocenters. The molecule has 0 spiro atoms. The molecule has 0 aromatic heterocycles. The molecule has 20 heavy (non-hydrogen) atoms. The molecule has 2 nitrogen and oxygen atoms in total. The molecule has 1 atom stereocenters. The fourth-order valence-corrected chi connectivity index (χ4v) is 3.32. The fraction of sp³-hybridized carbons (Fsp3) is 0.667. The van der Waals surface area contributed by atoms with Gasteiger partial charge in [-0.15, -0.1) is 0 Å². The second kappa shape index (κ2) is 5.87. The second-order valence-corrected chi connectivity index (χ2v) is 7.31. The number of hydrogen-bond acceptors (Lipinski definition) is 2. The van der Waals surface area contributed by atoms with Crippen molar-refractivity contribution in [1.29, 1.82) is 0 Å². The molecule has 2 fully saturated rings. The van der Waals surface area contributed by atoms with Gasteiger partial charge in [-0.25, -0.2) is 0 Å². The third kappa shape index (κ3) is 3.83. The van der Waals surface area contributed by atoms with Crippen molar-refractivity contribution in [3.63, 3.8) is 0 Å². The zero-order valence-electron chi connectivity index (χ0n) is 12.9. The first-order valence-corrected chi connectivity index (χ1v) is 8.15. The Labute approximate surface area is 123 Å². The topological polar surface area (TPSA) is 15.3 Å². The normalized spacial score (nSPS) is 26.6. The van der Waals surface area contributed by atoms with Gasteiger partial charge in [-0.2, -0.15) is 0 Å². The van der Waals surface area contributed by atoms with Gasteiger partial charge >= 0.3 is 0 Å². The maximum atomic E-state index is 3.72. The van der Waals surface area contributed by atoms with Crippen molar-refractivity contribution in [2.24, 2.45) is 5.92 Å². The van der Waals surface area contributed by atoms with Gasteiger partial charge in [0, 0.05) is 24.7 Å². The Morgan fingerprint density at radius 2 is 1.95 bits per heavy atom. The van der Waals surface area contributed by atoms with Gasteiger partial charge in [0.05, 0.1) is 0 Å². The summed E-state index contributed by atoms with van der Waals surface area (Å²) in [5.41, 5.74) is 1.73. The Balaban J connectivity index is 1.63. The number of piperazine rings is 1. The number of benzene rings is 1. The molecule has 1 saturated carbocycles. The summed E-state index contributed by atoms with van der Waals surface area (Å²) in [6, 6.07) is 11.6. The van der Waals surface area contributed by atoms with Crippen LogP contribution in [0.15, 0.2) is 30.3 Å². The summed E-state index contributed by atoms with van der Waals surface area (Å²) < 4.78 is 0. The molecule has 1 N–H and O–H groups in total. The van der Waals surface area contributed by atoms with Crippen LogP contribution in [0.1, 0.15) is 38.7 Å². The molecule has 1 aromatic rings. The van der Waals surface area contributed by atoms with Crippen molar-refractivity contribution >= 4 is 0 Å². The molecule has 1 aliphatic heterocycles. The van der Waals surface area contributed by atoms with Gasteiger partial charge in [-0.05, 0) is 44.7 Å². The highest BCUT2D eigenvalue weighted by atomic mass is 15.2. The van der Waals surface area contributed by atoms with Crippen LogP contribution in [0.5, 0.6) is 0 Å². The van der Waals surface area contributed by atoms with E-state index in [-0.39, 0.29) is 5.54 Å². The van der Waals surface area contributed by atoms with E-state index in [1.165, 1.54) is 44.3 Å².